The molecule has 21 heavy (non-hydrogen) atoms. The normalized spacial score (nSPS) is 12.8. The van der Waals surface area contributed by atoms with Crippen molar-refractivity contribution in [3.63, 3.8) is 0 Å². The van der Waals surface area contributed by atoms with Gasteiger partial charge in [0.25, 0.3) is 0 Å². The zero-order valence-electron chi connectivity index (χ0n) is 11.4. The number of aromatic nitrogens is 2. The molecular formula is C16H13BrClFN2. The van der Waals surface area contributed by atoms with Crippen molar-refractivity contribution < 1.29 is 4.39 Å². The number of rotatable bonds is 3. The summed E-state index contributed by atoms with van der Waals surface area (Å²) < 4.78 is 16.8. The zero-order valence-corrected chi connectivity index (χ0v) is 13.7. The van der Waals surface area contributed by atoms with Crippen LogP contribution >= 0.6 is 27.5 Å². The fourth-order valence-corrected chi connectivity index (χ4v) is 2.90. The van der Waals surface area contributed by atoms with E-state index in [1.165, 1.54) is 6.07 Å². The Bertz CT molecular complexity index is 798. The predicted octanol–water partition coefficient (Wildman–Crippen LogP) is 5.29. The van der Waals surface area contributed by atoms with Gasteiger partial charge < -0.3 is 4.57 Å². The van der Waals surface area contributed by atoms with Crippen LogP contribution in [-0.2, 0) is 6.54 Å². The molecule has 1 heterocycles. The molecule has 1 unspecified atom stereocenters. The van der Waals surface area contributed by atoms with Gasteiger partial charge in [0, 0.05) is 10.0 Å². The predicted molar refractivity (Wildman–Crippen MR) is 87.2 cm³/mol. The Morgan fingerprint density at radius 2 is 2.05 bits per heavy atom. The molecule has 0 saturated heterocycles. The third kappa shape index (κ3) is 2.83. The average molecular weight is 368 g/mol. The first kappa shape index (κ1) is 14.5. The molecule has 0 bridgehead atoms. The van der Waals surface area contributed by atoms with Crippen LogP contribution in [0, 0.1) is 5.82 Å². The quantitative estimate of drug-likeness (QED) is 0.575. The van der Waals surface area contributed by atoms with E-state index in [9.17, 15) is 4.39 Å². The molecular weight excluding hydrogens is 355 g/mol. The van der Waals surface area contributed by atoms with E-state index in [2.05, 4.69) is 20.9 Å². The Balaban J connectivity index is 2.16. The van der Waals surface area contributed by atoms with Crippen molar-refractivity contribution in [2.45, 2.75) is 18.8 Å². The molecule has 0 fully saturated rings. The minimum atomic E-state index is -0.247. The summed E-state index contributed by atoms with van der Waals surface area (Å²) in [5, 5.41) is -0.247. The number of hydrogen-bond acceptors (Lipinski definition) is 1. The summed E-state index contributed by atoms with van der Waals surface area (Å²) >= 11 is 9.68. The fourth-order valence-electron chi connectivity index (χ4n) is 2.39. The zero-order chi connectivity index (χ0) is 15.0. The van der Waals surface area contributed by atoms with Crippen LogP contribution in [0.1, 0.15) is 23.7 Å². The Morgan fingerprint density at radius 1 is 1.29 bits per heavy atom. The van der Waals surface area contributed by atoms with E-state index in [1.54, 1.807) is 12.1 Å². The molecule has 1 atom stereocenters. The van der Waals surface area contributed by atoms with Crippen molar-refractivity contribution >= 4 is 38.6 Å². The van der Waals surface area contributed by atoms with E-state index in [4.69, 9.17) is 11.6 Å². The van der Waals surface area contributed by atoms with Gasteiger partial charge in [-0.05, 0) is 31.2 Å². The van der Waals surface area contributed by atoms with Crippen molar-refractivity contribution in [1.29, 1.82) is 0 Å². The number of halogens is 3. The van der Waals surface area contributed by atoms with Crippen LogP contribution in [0.25, 0.3) is 11.0 Å². The van der Waals surface area contributed by atoms with Crippen LogP contribution < -0.4 is 0 Å². The van der Waals surface area contributed by atoms with Gasteiger partial charge in [0.1, 0.15) is 11.6 Å². The molecule has 0 aliphatic heterocycles. The maximum absolute atomic E-state index is 13.9. The van der Waals surface area contributed by atoms with Crippen molar-refractivity contribution in [1.82, 2.24) is 9.55 Å². The lowest BCUT2D eigenvalue weighted by atomic mass is 10.2. The van der Waals surface area contributed by atoms with Gasteiger partial charge in [-0.1, -0.05) is 34.1 Å². The smallest absolute Gasteiger partial charge is 0.128 e. The number of imidazole rings is 1. The molecule has 3 aromatic rings. The van der Waals surface area contributed by atoms with Crippen LogP contribution in [0.3, 0.4) is 0 Å². The molecule has 3 rings (SSSR count). The van der Waals surface area contributed by atoms with E-state index in [-0.39, 0.29) is 11.2 Å². The summed E-state index contributed by atoms with van der Waals surface area (Å²) in [4.78, 5) is 4.58. The second-order valence-corrected chi connectivity index (χ2v) is 6.47. The van der Waals surface area contributed by atoms with E-state index in [1.807, 2.05) is 35.8 Å². The number of benzene rings is 2. The summed E-state index contributed by atoms with van der Waals surface area (Å²) in [7, 11) is 0. The molecule has 2 nitrogen and oxygen atoms in total. The Kier molecular flexibility index (Phi) is 4.00. The van der Waals surface area contributed by atoms with Crippen LogP contribution in [0.5, 0.6) is 0 Å². The first-order valence-electron chi connectivity index (χ1n) is 6.59. The van der Waals surface area contributed by atoms with Gasteiger partial charge in [0.05, 0.1) is 23.0 Å². The molecule has 0 aliphatic rings. The Labute approximate surface area is 135 Å². The molecule has 0 aliphatic carbocycles. The van der Waals surface area contributed by atoms with Crippen LogP contribution in [-0.4, -0.2) is 9.55 Å². The molecule has 1 aromatic heterocycles. The SMILES string of the molecule is CC(Cl)c1nc2cc(Br)ccc2n1Cc1ccccc1F. The molecule has 0 spiro atoms. The Hall–Kier alpha value is -1.39. The van der Waals surface area contributed by atoms with Gasteiger partial charge >= 0.3 is 0 Å². The first-order chi connectivity index (χ1) is 10.1. The van der Waals surface area contributed by atoms with Gasteiger partial charge in [-0.3, -0.25) is 0 Å². The van der Waals surface area contributed by atoms with Gasteiger partial charge in [-0.2, -0.15) is 0 Å². The van der Waals surface area contributed by atoms with Crippen molar-refractivity contribution in [2.24, 2.45) is 0 Å². The highest BCUT2D eigenvalue weighted by atomic mass is 79.9. The summed E-state index contributed by atoms with van der Waals surface area (Å²) in [6.45, 7) is 2.28. The summed E-state index contributed by atoms with van der Waals surface area (Å²) in [5.41, 5.74) is 2.42. The maximum atomic E-state index is 13.9. The highest BCUT2D eigenvalue weighted by Gasteiger charge is 2.16. The van der Waals surface area contributed by atoms with Gasteiger partial charge in [-0.15, -0.1) is 11.6 Å². The third-order valence-electron chi connectivity index (χ3n) is 3.38. The summed E-state index contributed by atoms with van der Waals surface area (Å²) in [6.07, 6.45) is 0. The number of alkyl halides is 1. The largest absolute Gasteiger partial charge is 0.322 e. The molecule has 0 N–H and O–H groups in total. The molecule has 0 saturated carbocycles. The summed E-state index contributed by atoms with van der Waals surface area (Å²) in [6, 6.07) is 12.6. The van der Waals surface area contributed by atoms with Gasteiger partial charge in [0.2, 0.25) is 0 Å². The second kappa shape index (κ2) is 5.78. The monoisotopic (exact) mass is 366 g/mol. The molecule has 0 radical (unpaired) electrons. The molecule has 108 valence electrons. The fraction of sp³-hybridized carbons (Fsp3) is 0.188. The minimum Gasteiger partial charge on any atom is -0.322 e. The van der Waals surface area contributed by atoms with Crippen LogP contribution in [0.15, 0.2) is 46.9 Å². The van der Waals surface area contributed by atoms with E-state index < -0.39 is 0 Å². The van der Waals surface area contributed by atoms with Crippen LogP contribution in [0.4, 0.5) is 4.39 Å². The average Bonchev–Trinajstić information content (AvgIpc) is 2.79. The van der Waals surface area contributed by atoms with Gasteiger partial charge in [-0.25, -0.2) is 9.37 Å². The third-order valence-corrected chi connectivity index (χ3v) is 4.07. The van der Waals surface area contributed by atoms with Crippen molar-refractivity contribution in [3.8, 4) is 0 Å². The number of fused-ring (bicyclic) bond motifs is 1. The number of hydrogen-bond donors (Lipinski definition) is 0. The number of nitrogens with zero attached hydrogens (tertiary/aromatic N) is 2. The van der Waals surface area contributed by atoms with E-state index in [0.717, 1.165) is 21.3 Å². The standard InChI is InChI=1S/C16H13BrClFN2/c1-10(18)16-20-14-8-12(17)6-7-15(14)21(16)9-11-4-2-3-5-13(11)19/h2-8,10H,9H2,1H3. The molecule has 2 aromatic carbocycles. The molecule has 0 amide bonds. The van der Waals surface area contributed by atoms with Crippen LogP contribution in [0.2, 0.25) is 0 Å². The second-order valence-electron chi connectivity index (χ2n) is 4.90. The minimum absolute atomic E-state index is 0.218. The lowest BCUT2D eigenvalue weighted by Crippen LogP contribution is -2.07. The Morgan fingerprint density at radius 3 is 2.76 bits per heavy atom. The van der Waals surface area contributed by atoms with Gasteiger partial charge in [0.15, 0.2) is 0 Å². The highest BCUT2D eigenvalue weighted by Crippen LogP contribution is 2.27. The van der Waals surface area contributed by atoms with E-state index >= 15 is 0 Å². The lowest BCUT2D eigenvalue weighted by Gasteiger charge is -2.11. The van der Waals surface area contributed by atoms with Crippen molar-refractivity contribution in [2.75, 3.05) is 0 Å². The molecule has 5 heteroatoms. The highest BCUT2D eigenvalue weighted by molar-refractivity contribution is 9.10. The first-order valence-corrected chi connectivity index (χ1v) is 7.82. The summed E-state index contributed by atoms with van der Waals surface area (Å²) in [5.74, 6) is 0.526. The lowest BCUT2D eigenvalue weighted by molar-refractivity contribution is 0.597. The topological polar surface area (TPSA) is 17.8 Å². The van der Waals surface area contributed by atoms with Crippen molar-refractivity contribution in [3.05, 3.63) is 64.1 Å². The maximum Gasteiger partial charge on any atom is 0.128 e. The van der Waals surface area contributed by atoms with E-state index in [0.29, 0.717) is 12.1 Å².